The van der Waals surface area contributed by atoms with Crippen LogP contribution in [0.2, 0.25) is 0 Å². The third-order valence-corrected chi connectivity index (χ3v) is 4.10. The predicted octanol–water partition coefficient (Wildman–Crippen LogP) is 4.10. The topological polar surface area (TPSA) is 58.2 Å². The lowest BCUT2D eigenvalue weighted by molar-refractivity contribution is 0.103. The van der Waals surface area contributed by atoms with Gasteiger partial charge in [0.2, 0.25) is 5.78 Å². The van der Waals surface area contributed by atoms with Crippen molar-refractivity contribution in [3.05, 3.63) is 95.8 Å². The zero-order chi connectivity index (χ0) is 17.2. The van der Waals surface area contributed by atoms with Gasteiger partial charge in [-0.25, -0.2) is 0 Å². The Balaban J connectivity index is 2.02. The molecule has 0 saturated carbocycles. The summed E-state index contributed by atoms with van der Waals surface area (Å²) in [5.74, 6) is -0.125. The number of hydrogen-bond donors (Lipinski definition) is 0. The Bertz CT molecular complexity index is 1110. The fourth-order valence-corrected chi connectivity index (χ4v) is 2.96. The van der Waals surface area contributed by atoms with Crippen molar-refractivity contribution in [1.29, 1.82) is 5.26 Å². The lowest BCUT2D eigenvalue weighted by atomic mass is 10.1. The van der Waals surface area contributed by atoms with E-state index < -0.39 is 0 Å². The number of nitriles is 1. The summed E-state index contributed by atoms with van der Waals surface area (Å²) in [6.07, 6.45) is 1.71. The first-order valence-corrected chi connectivity index (χ1v) is 7.85. The van der Waals surface area contributed by atoms with Crippen molar-refractivity contribution >= 4 is 11.3 Å². The first kappa shape index (κ1) is 14.9. The Morgan fingerprint density at radius 3 is 2.48 bits per heavy atom. The average molecular weight is 323 g/mol. The highest BCUT2D eigenvalue weighted by Gasteiger charge is 2.19. The zero-order valence-corrected chi connectivity index (χ0v) is 13.3. The van der Waals surface area contributed by atoms with Gasteiger partial charge >= 0.3 is 0 Å². The standard InChI is InChI=1S/C21H13N3O/c22-14-16-13-20(21(25)15-7-2-1-3-8-15)24-18(16)10-6-11-19(24)17-9-4-5-12-23-17/h1-13H. The van der Waals surface area contributed by atoms with Crippen molar-refractivity contribution in [2.24, 2.45) is 0 Å². The monoisotopic (exact) mass is 323 g/mol. The fourth-order valence-electron chi connectivity index (χ4n) is 2.96. The maximum atomic E-state index is 13.0. The molecule has 4 aromatic rings. The van der Waals surface area contributed by atoms with E-state index in [-0.39, 0.29) is 5.78 Å². The van der Waals surface area contributed by atoms with Gasteiger partial charge in [0.15, 0.2) is 0 Å². The van der Waals surface area contributed by atoms with Crippen LogP contribution in [0, 0.1) is 11.3 Å². The van der Waals surface area contributed by atoms with Crippen LogP contribution in [0.5, 0.6) is 0 Å². The molecule has 0 unspecified atom stereocenters. The number of hydrogen-bond acceptors (Lipinski definition) is 3. The van der Waals surface area contributed by atoms with Crippen LogP contribution in [0.1, 0.15) is 21.6 Å². The van der Waals surface area contributed by atoms with Crippen LogP contribution in [0.25, 0.3) is 16.9 Å². The van der Waals surface area contributed by atoms with Crippen LogP contribution in [-0.2, 0) is 0 Å². The molecule has 0 aliphatic carbocycles. The van der Waals surface area contributed by atoms with E-state index in [0.29, 0.717) is 22.3 Å². The molecule has 0 radical (unpaired) electrons. The second-order valence-electron chi connectivity index (χ2n) is 5.60. The summed E-state index contributed by atoms with van der Waals surface area (Å²) in [4.78, 5) is 17.4. The summed E-state index contributed by atoms with van der Waals surface area (Å²) >= 11 is 0. The van der Waals surface area contributed by atoms with E-state index in [9.17, 15) is 10.1 Å². The van der Waals surface area contributed by atoms with Crippen molar-refractivity contribution < 1.29 is 4.79 Å². The number of carbonyl (C=O) groups is 1. The lowest BCUT2D eigenvalue weighted by Gasteiger charge is -2.09. The first-order chi connectivity index (χ1) is 12.3. The van der Waals surface area contributed by atoms with Crippen LogP contribution in [0.3, 0.4) is 0 Å². The van der Waals surface area contributed by atoms with E-state index in [0.717, 1.165) is 11.4 Å². The summed E-state index contributed by atoms with van der Waals surface area (Å²) in [5.41, 5.74) is 3.73. The number of ketones is 1. The Kier molecular flexibility index (Phi) is 3.60. The van der Waals surface area contributed by atoms with Gasteiger partial charge < -0.3 is 4.40 Å². The number of carbonyl (C=O) groups excluding carboxylic acids is 1. The second kappa shape index (κ2) is 6.06. The number of benzene rings is 1. The molecule has 4 rings (SSSR count). The zero-order valence-electron chi connectivity index (χ0n) is 13.3. The summed E-state index contributed by atoms with van der Waals surface area (Å²) < 4.78 is 1.82. The molecular formula is C21H13N3O. The third kappa shape index (κ3) is 2.48. The molecule has 0 spiro atoms. The third-order valence-electron chi connectivity index (χ3n) is 4.10. The highest BCUT2D eigenvalue weighted by atomic mass is 16.1. The van der Waals surface area contributed by atoms with Gasteiger partial charge in [0.1, 0.15) is 6.07 Å². The van der Waals surface area contributed by atoms with Crippen molar-refractivity contribution in [2.45, 2.75) is 0 Å². The van der Waals surface area contributed by atoms with Gasteiger partial charge in [-0.15, -0.1) is 0 Å². The van der Waals surface area contributed by atoms with Gasteiger partial charge in [0.25, 0.3) is 0 Å². The van der Waals surface area contributed by atoms with Gasteiger partial charge in [-0.05, 0) is 30.3 Å². The van der Waals surface area contributed by atoms with Crippen LogP contribution in [-0.4, -0.2) is 15.2 Å². The normalized spacial score (nSPS) is 10.5. The smallest absolute Gasteiger partial charge is 0.209 e. The number of pyridine rings is 2. The van der Waals surface area contributed by atoms with E-state index in [1.165, 1.54) is 0 Å². The number of fused-ring (bicyclic) bond motifs is 1. The van der Waals surface area contributed by atoms with E-state index in [1.807, 2.05) is 59.0 Å². The summed E-state index contributed by atoms with van der Waals surface area (Å²) in [6, 6.07) is 24.1. The Morgan fingerprint density at radius 2 is 1.76 bits per heavy atom. The Labute approximate surface area is 144 Å². The predicted molar refractivity (Wildman–Crippen MR) is 95.2 cm³/mol. The van der Waals surface area contributed by atoms with Gasteiger partial charge in [-0.1, -0.05) is 42.5 Å². The van der Waals surface area contributed by atoms with Gasteiger partial charge in [-0.3, -0.25) is 9.78 Å². The van der Waals surface area contributed by atoms with Crippen molar-refractivity contribution in [2.75, 3.05) is 0 Å². The fraction of sp³-hybridized carbons (Fsp3) is 0. The van der Waals surface area contributed by atoms with Gasteiger partial charge in [-0.2, -0.15) is 5.26 Å². The minimum absolute atomic E-state index is 0.125. The number of aromatic nitrogens is 2. The molecular weight excluding hydrogens is 310 g/mol. The van der Waals surface area contributed by atoms with Crippen molar-refractivity contribution in [3.8, 4) is 17.5 Å². The van der Waals surface area contributed by atoms with Gasteiger partial charge in [0.05, 0.1) is 28.2 Å². The summed E-state index contributed by atoms with van der Waals surface area (Å²) in [7, 11) is 0. The van der Waals surface area contributed by atoms with Gasteiger partial charge in [0, 0.05) is 11.8 Å². The maximum absolute atomic E-state index is 13.0. The van der Waals surface area contributed by atoms with E-state index in [4.69, 9.17) is 0 Å². The molecule has 0 aliphatic rings. The molecule has 0 amide bonds. The van der Waals surface area contributed by atoms with E-state index in [2.05, 4.69) is 11.1 Å². The Morgan fingerprint density at radius 1 is 0.960 bits per heavy atom. The quantitative estimate of drug-likeness (QED) is 0.533. The minimum atomic E-state index is -0.125. The average Bonchev–Trinajstić information content (AvgIpc) is 3.07. The molecule has 0 saturated heterocycles. The summed E-state index contributed by atoms with van der Waals surface area (Å²) in [5, 5.41) is 9.47. The van der Waals surface area contributed by atoms with Crippen molar-refractivity contribution in [1.82, 2.24) is 9.38 Å². The molecule has 3 heterocycles. The number of nitrogens with zero attached hydrogens (tertiary/aromatic N) is 3. The molecule has 118 valence electrons. The van der Waals surface area contributed by atoms with Crippen LogP contribution < -0.4 is 0 Å². The molecule has 4 heteroatoms. The molecule has 3 aromatic heterocycles. The highest BCUT2D eigenvalue weighted by Crippen LogP contribution is 2.26. The first-order valence-electron chi connectivity index (χ1n) is 7.85. The molecule has 25 heavy (non-hydrogen) atoms. The van der Waals surface area contributed by atoms with Crippen LogP contribution >= 0.6 is 0 Å². The van der Waals surface area contributed by atoms with Crippen molar-refractivity contribution in [3.63, 3.8) is 0 Å². The molecule has 4 nitrogen and oxygen atoms in total. The molecule has 0 bridgehead atoms. The maximum Gasteiger partial charge on any atom is 0.209 e. The molecule has 0 atom stereocenters. The minimum Gasteiger partial charge on any atom is -0.303 e. The van der Waals surface area contributed by atoms with E-state index in [1.54, 1.807) is 24.4 Å². The Hall–Kier alpha value is -3.71. The molecule has 1 aromatic carbocycles. The van der Waals surface area contributed by atoms with Crippen LogP contribution in [0.15, 0.2) is 79.0 Å². The largest absolute Gasteiger partial charge is 0.303 e. The van der Waals surface area contributed by atoms with E-state index >= 15 is 0 Å². The molecule has 0 aliphatic heterocycles. The number of rotatable bonds is 3. The summed E-state index contributed by atoms with van der Waals surface area (Å²) in [6.45, 7) is 0. The highest BCUT2D eigenvalue weighted by molar-refractivity contribution is 6.09. The van der Waals surface area contributed by atoms with Crippen LogP contribution in [0.4, 0.5) is 0 Å². The molecule has 0 fully saturated rings. The molecule has 0 N–H and O–H groups in total. The lowest BCUT2D eigenvalue weighted by Crippen LogP contribution is -2.07. The SMILES string of the molecule is N#Cc1cc(C(=O)c2ccccc2)n2c(-c3ccccn3)cccc12. The second-order valence-corrected chi connectivity index (χ2v) is 5.60.